The zero-order valence-corrected chi connectivity index (χ0v) is 12.6. The fraction of sp³-hybridized carbons (Fsp3) is 0.0667. The van der Waals surface area contributed by atoms with Crippen LogP contribution in [0.25, 0.3) is 6.08 Å². The standard InChI is InChI=1S/C15H11ClN2O5/c1-9-6-10(2-5-14(19)20)7-12(16)15(9)23-13-4-3-11(8-17-13)18(21)22/h2-8H,1H3,(H,19,20). The predicted octanol–water partition coefficient (Wildman–Crippen LogP) is 3.84. The first kappa shape index (κ1) is 16.4. The minimum Gasteiger partial charge on any atom is -0.478 e. The van der Waals surface area contributed by atoms with Crippen LogP contribution >= 0.6 is 11.6 Å². The van der Waals surface area contributed by atoms with Crippen LogP contribution in [0, 0.1) is 17.0 Å². The van der Waals surface area contributed by atoms with Gasteiger partial charge in [-0.2, -0.15) is 0 Å². The van der Waals surface area contributed by atoms with Gasteiger partial charge in [-0.3, -0.25) is 10.1 Å². The van der Waals surface area contributed by atoms with Crippen LogP contribution in [0.5, 0.6) is 11.6 Å². The fourth-order valence-corrected chi connectivity index (χ4v) is 2.11. The SMILES string of the molecule is Cc1cc(C=CC(=O)O)cc(Cl)c1Oc1ccc([N+](=O)[O-])cn1. The van der Waals surface area contributed by atoms with Crippen LogP contribution in [0.4, 0.5) is 5.69 Å². The first-order valence-corrected chi connectivity index (χ1v) is 6.74. The molecule has 0 aliphatic heterocycles. The molecule has 1 N–H and O–H groups in total. The largest absolute Gasteiger partial charge is 0.478 e. The molecule has 2 rings (SSSR count). The number of ether oxygens (including phenoxy) is 1. The molecule has 7 nitrogen and oxygen atoms in total. The predicted molar refractivity (Wildman–Crippen MR) is 83.8 cm³/mol. The second kappa shape index (κ2) is 6.89. The number of aliphatic carboxylic acids is 1. The molecule has 118 valence electrons. The van der Waals surface area contributed by atoms with Gasteiger partial charge >= 0.3 is 5.97 Å². The van der Waals surface area contributed by atoms with E-state index < -0.39 is 10.9 Å². The summed E-state index contributed by atoms with van der Waals surface area (Å²) in [4.78, 5) is 24.4. The number of carbonyl (C=O) groups is 1. The molecule has 0 radical (unpaired) electrons. The van der Waals surface area contributed by atoms with E-state index in [2.05, 4.69) is 4.98 Å². The van der Waals surface area contributed by atoms with Gasteiger partial charge in [-0.05, 0) is 36.3 Å². The number of carboxylic acid groups (broad SMARTS) is 1. The Labute approximate surface area is 136 Å². The van der Waals surface area contributed by atoms with Crippen molar-refractivity contribution in [3.8, 4) is 11.6 Å². The van der Waals surface area contributed by atoms with Crippen LogP contribution < -0.4 is 4.74 Å². The third-order valence-electron chi connectivity index (χ3n) is 2.81. The Morgan fingerprint density at radius 3 is 2.70 bits per heavy atom. The molecule has 0 saturated carbocycles. The van der Waals surface area contributed by atoms with Crippen molar-refractivity contribution in [2.24, 2.45) is 0 Å². The zero-order chi connectivity index (χ0) is 17.0. The second-order valence-corrected chi connectivity index (χ2v) is 4.94. The zero-order valence-electron chi connectivity index (χ0n) is 11.9. The molecule has 0 atom stereocenters. The Bertz CT molecular complexity index is 764. The summed E-state index contributed by atoms with van der Waals surface area (Å²) in [6.45, 7) is 1.74. The van der Waals surface area contributed by atoms with E-state index in [0.29, 0.717) is 16.9 Å². The number of hydrogen-bond acceptors (Lipinski definition) is 5. The molecular formula is C15H11ClN2O5. The number of nitrogens with zero attached hydrogens (tertiary/aromatic N) is 2. The lowest BCUT2D eigenvalue weighted by molar-refractivity contribution is -0.385. The van der Waals surface area contributed by atoms with E-state index in [1.165, 1.54) is 18.2 Å². The average Bonchev–Trinajstić information content (AvgIpc) is 2.49. The summed E-state index contributed by atoms with van der Waals surface area (Å²) < 4.78 is 5.55. The highest BCUT2D eigenvalue weighted by molar-refractivity contribution is 6.32. The van der Waals surface area contributed by atoms with Crippen molar-refractivity contribution in [3.63, 3.8) is 0 Å². The molecule has 0 spiro atoms. The Morgan fingerprint density at radius 1 is 1.43 bits per heavy atom. The van der Waals surface area contributed by atoms with Crippen molar-refractivity contribution in [3.05, 3.63) is 62.8 Å². The topological polar surface area (TPSA) is 103 Å². The van der Waals surface area contributed by atoms with Gasteiger partial charge < -0.3 is 9.84 Å². The molecule has 0 saturated heterocycles. The number of aromatic nitrogens is 1. The highest BCUT2D eigenvalue weighted by Gasteiger charge is 2.11. The minimum absolute atomic E-state index is 0.144. The number of halogens is 1. The maximum atomic E-state index is 10.6. The summed E-state index contributed by atoms with van der Waals surface area (Å²) in [6.07, 6.45) is 3.50. The summed E-state index contributed by atoms with van der Waals surface area (Å²) in [5, 5.41) is 19.5. The summed E-state index contributed by atoms with van der Waals surface area (Å²) in [5.41, 5.74) is 1.14. The molecule has 0 aliphatic carbocycles. The van der Waals surface area contributed by atoms with Gasteiger partial charge in [0.25, 0.3) is 5.69 Å². The van der Waals surface area contributed by atoms with Gasteiger partial charge in [0.2, 0.25) is 5.88 Å². The van der Waals surface area contributed by atoms with Gasteiger partial charge in [0.1, 0.15) is 6.20 Å². The lowest BCUT2D eigenvalue weighted by Crippen LogP contribution is -1.94. The van der Waals surface area contributed by atoms with Crippen molar-refractivity contribution < 1.29 is 19.6 Å². The first-order chi connectivity index (χ1) is 10.9. The molecule has 23 heavy (non-hydrogen) atoms. The monoisotopic (exact) mass is 334 g/mol. The smallest absolute Gasteiger partial charge is 0.328 e. The van der Waals surface area contributed by atoms with Crippen molar-refractivity contribution in [2.75, 3.05) is 0 Å². The molecule has 8 heteroatoms. The van der Waals surface area contributed by atoms with Gasteiger partial charge in [-0.15, -0.1) is 0 Å². The highest BCUT2D eigenvalue weighted by Crippen LogP contribution is 2.33. The van der Waals surface area contributed by atoms with Gasteiger partial charge in [0, 0.05) is 18.2 Å². The molecule has 0 amide bonds. The number of nitro groups is 1. The summed E-state index contributed by atoms with van der Waals surface area (Å²) in [7, 11) is 0. The quantitative estimate of drug-likeness (QED) is 0.506. The van der Waals surface area contributed by atoms with Crippen LogP contribution in [0.3, 0.4) is 0 Å². The van der Waals surface area contributed by atoms with Gasteiger partial charge in [0.05, 0.1) is 9.95 Å². The molecular weight excluding hydrogens is 324 g/mol. The van der Waals surface area contributed by atoms with E-state index >= 15 is 0 Å². The maximum absolute atomic E-state index is 10.6. The summed E-state index contributed by atoms with van der Waals surface area (Å²) in [6, 6.07) is 5.89. The van der Waals surface area contributed by atoms with E-state index in [0.717, 1.165) is 12.3 Å². The van der Waals surface area contributed by atoms with Crippen molar-refractivity contribution in [1.29, 1.82) is 0 Å². The fourth-order valence-electron chi connectivity index (χ4n) is 1.80. The minimum atomic E-state index is -1.06. The molecule has 1 aromatic carbocycles. The number of benzene rings is 1. The maximum Gasteiger partial charge on any atom is 0.328 e. The Morgan fingerprint density at radius 2 is 2.17 bits per heavy atom. The molecule has 0 unspecified atom stereocenters. The lowest BCUT2D eigenvalue weighted by Gasteiger charge is -2.10. The Balaban J connectivity index is 2.26. The van der Waals surface area contributed by atoms with Gasteiger partial charge in [0.15, 0.2) is 5.75 Å². The number of aryl methyl sites for hydroxylation is 1. The molecule has 2 aromatic rings. The highest BCUT2D eigenvalue weighted by atomic mass is 35.5. The summed E-state index contributed by atoms with van der Waals surface area (Å²) in [5.74, 6) is -0.552. The van der Waals surface area contributed by atoms with Crippen molar-refractivity contribution >= 4 is 29.3 Å². The third-order valence-corrected chi connectivity index (χ3v) is 3.09. The van der Waals surface area contributed by atoms with Crippen LogP contribution in [0.15, 0.2) is 36.5 Å². The second-order valence-electron chi connectivity index (χ2n) is 4.53. The lowest BCUT2D eigenvalue weighted by atomic mass is 10.1. The Hall–Kier alpha value is -2.93. The van der Waals surface area contributed by atoms with E-state index in [1.54, 1.807) is 19.1 Å². The molecule has 0 aliphatic rings. The number of carboxylic acids is 1. The van der Waals surface area contributed by atoms with Crippen LogP contribution in [0.2, 0.25) is 5.02 Å². The molecule has 0 fully saturated rings. The molecule has 1 heterocycles. The average molecular weight is 335 g/mol. The van der Waals surface area contributed by atoms with Gasteiger partial charge in [-0.25, -0.2) is 9.78 Å². The molecule has 1 aromatic heterocycles. The van der Waals surface area contributed by atoms with E-state index in [4.69, 9.17) is 21.4 Å². The van der Waals surface area contributed by atoms with Gasteiger partial charge in [-0.1, -0.05) is 11.6 Å². The third kappa shape index (κ3) is 4.27. The first-order valence-electron chi connectivity index (χ1n) is 6.36. The summed E-state index contributed by atoms with van der Waals surface area (Å²) >= 11 is 6.14. The molecule has 0 bridgehead atoms. The van der Waals surface area contributed by atoms with Crippen LogP contribution in [0.1, 0.15) is 11.1 Å². The van der Waals surface area contributed by atoms with Crippen LogP contribution in [-0.4, -0.2) is 21.0 Å². The van der Waals surface area contributed by atoms with E-state index in [-0.39, 0.29) is 16.6 Å². The van der Waals surface area contributed by atoms with Crippen molar-refractivity contribution in [2.45, 2.75) is 6.92 Å². The van der Waals surface area contributed by atoms with E-state index in [1.807, 2.05) is 0 Å². The normalized spacial score (nSPS) is 10.7. The van der Waals surface area contributed by atoms with Crippen LogP contribution in [-0.2, 0) is 4.79 Å². The van der Waals surface area contributed by atoms with E-state index in [9.17, 15) is 14.9 Å². The number of rotatable bonds is 5. The number of pyridine rings is 1. The number of hydrogen-bond donors (Lipinski definition) is 1. The Kier molecular flexibility index (Phi) is 4.92. The van der Waals surface area contributed by atoms with Crippen molar-refractivity contribution in [1.82, 2.24) is 4.98 Å².